The molecule has 0 saturated heterocycles. The molecule has 1 aliphatic carbocycles. The first kappa shape index (κ1) is 58.3. The van der Waals surface area contributed by atoms with Crippen LogP contribution in [0.5, 0.6) is 5.75 Å². The van der Waals surface area contributed by atoms with Crippen molar-refractivity contribution in [3.05, 3.63) is 29.8 Å². The van der Waals surface area contributed by atoms with Crippen LogP contribution in [0.3, 0.4) is 0 Å². The number of nitrogens with one attached hydrogen (secondary N) is 8. The molecule has 382 valence electrons. The van der Waals surface area contributed by atoms with E-state index in [4.69, 9.17) is 17.2 Å². The Bertz CT molecular complexity index is 2020. The number of benzene rings is 1. The Kier molecular flexibility index (Phi) is 24.1. The lowest BCUT2D eigenvalue weighted by atomic mass is 9.89. The standard InChI is InChI=1S/C45H69N11O13/c1-5-26(2)40(43(69)56-44(24-57,15-13-34(46)61)22-52-33(28(4)59)18-35(47)62)53-23-45(25-58,19-29-9-11-31(60)12-10-29)55-39(66)21-50-38(65)8-6-7-37(64)49-16-14-30-17-32(30)42(68)54-27(3)41(67)51-20-36(48)63/h9-12,24-27,30,32-33,40,52-53,60H,5-8,13-23H2,1-4H3,(H2,46,61)(H2,47,62)(H2,48,63)(H,49,64)(H,50,65)(H,51,67)(H,54,68)(H,55,66)(H,56,69)/t26?,27-,30?,32?,33-,40?,44+,45+/m0/s1. The molecule has 9 amide bonds. The maximum absolute atomic E-state index is 14.1. The number of aromatic hydroxyl groups is 1. The van der Waals surface area contributed by atoms with Gasteiger partial charge in [-0.3, -0.25) is 47.9 Å². The second-order valence-electron chi connectivity index (χ2n) is 17.6. The van der Waals surface area contributed by atoms with Crippen molar-refractivity contribution in [2.75, 3.05) is 32.7 Å². The quantitative estimate of drug-likeness (QED) is 0.0291. The highest BCUT2D eigenvalue weighted by atomic mass is 16.3. The van der Waals surface area contributed by atoms with E-state index in [0.29, 0.717) is 37.4 Å². The number of amides is 9. The number of carbonyl (C=O) groups excluding carboxylic acids is 12. The summed E-state index contributed by atoms with van der Waals surface area (Å²) in [5.41, 5.74) is 12.6. The second-order valence-corrected chi connectivity index (χ2v) is 17.6. The third kappa shape index (κ3) is 21.3. The van der Waals surface area contributed by atoms with Crippen LogP contribution in [0, 0.1) is 17.8 Å². The molecule has 1 saturated carbocycles. The van der Waals surface area contributed by atoms with Crippen molar-refractivity contribution in [2.45, 2.75) is 121 Å². The summed E-state index contributed by atoms with van der Waals surface area (Å²) in [5, 5.41) is 31.1. The van der Waals surface area contributed by atoms with E-state index in [9.17, 15) is 62.6 Å². The van der Waals surface area contributed by atoms with Crippen LogP contribution in [0.15, 0.2) is 24.3 Å². The number of hydrogen-bond donors (Lipinski definition) is 12. The van der Waals surface area contributed by atoms with E-state index in [1.54, 1.807) is 13.8 Å². The van der Waals surface area contributed by atoms with Gasteiger partial charge in [0, 0.05) is 57.7 Å². The topological polar surface area (TPSA) is 399 Å². The Morgan fingerprint density at radius 1 is 0.754 bits per heavy atom. The van der Waals surface area contributed by atoms with Crippen LogP contribution >= 0.6 is 0 Å². The Hall–Kier alpha value is -6.82. The highest BCUT2D eigenvalue weighted by Gasteiger charge is 2.43. The fourth-order valence-electron chi connectivity index (χ4n) is 7.27. The Balaban J connectivity index is 2.05. The number of rotatable bonds is 35. The average Bonchev–Trinajstić information content (AvgIpc) is 4.08. The number of carbonyl (C=O) groups is 12. The second kappa shape index (κ2) is 28.5. The molecule has 0 bridgehead atoms. The van der Waals surface area contributed by atoms with Gasteiger partial charge in [0.1, 0.15) is 41.2 Å². The van der Waals surface area contributed by atoms with E-state index in [1.165, 1.54) is 38.1 Å². The van der Waals surface area contributed by atoms with E-state index < -0.39 is 102 Å². The molecule has 0 radical (unpaired) electrons. The Morgan fingerprint density at radius 3 is 1.94 bits per heavy atom. The van der Waals surface area contributed by atoms with Crippen LogP contribution in [-0.4, -0.2) is 139 Å². The van der Waals surface area contributed by atoms with Gasteiger partial charge in [-0.15, -0.1) is 0 Å². The SMILES string of the molecule is CCC(C)C(NC[C@@](C=O)(Cc1ccc(O)cc1)NC(=O)CNC(=O)CCCC(=O)NCCC1CC1C(=O)N[C@@H](C)C(=O)NCC(N)=O)C(=O)N[C@](C=O)(CCC(N)=O)CN[C@@H](CC(N)=O)C(C)=O. The summed E-state index contributed by atoms with van der Waals surface area (Å²) in [6.07, 6.45) is 1.20. The summed E-state index contributed by atoms with van der Waals surface area (Å²) in [4.78, 5) is 149. The minimum absolute atomic E-state index is 0.00646. The highest BCUT2D eigenvalue weighted by Crippen LogP contribution is 2.41. The van der Waals surface area contributed by atoms with Crippen molar-refractivity contribution in [2.24, 2.45) is 35.0 Å². The Morgan fingerprint density at radius 2 is 1.38 bits per heavy atom. The molecule has 15 N–H and O–H groups in total. The molecule has 2 rings (SSSR count). The van der Waals surface area contributed by atoms with E-state index in [1.807, 2.05) is 0 Å². The van der Waals surface area contributed by atoms with Crippen LogP contribution in [0.2, 0.25) is 0 Å². The van der Waals surface area contributed by atoms with E-state index >= 15 is 0 Å². The number of primary amides is 3. The van der Waals surface area contributed by atoms with Gasteiger partial charge >= 0.3 is 0 Å². The number of nitrogens with two attached hydrogens (primary N) is 3. The molecule has 1 aliphatic rings. The number of phenols is 1. The lowest BCUT2D eigenvalue weighted by Crippen LogP contribution is -2.65. The van der Waals surface area contributed by atoms with E-state index in [-0.39, 0.29) is 87.6 Å². The van der Waals surface area contributed by atoms with Crippen LogP contribution in [-0.2, 0) is 64.0 Å². The van der Waals surface area contributed by atoms with Crippen molar-refractivity contribution >= 4 is 71.5 Å². The molecule has 24 nitrogen and oxygen atoms in total. The van der Waals surface area contributed by atoms with E-state index in [0.717, 1.165) is 0 Å². The van der Waals surface area contributed by atoms with Gasteiger partial charge in [0.25, 0.3) is 0 Å². The fraction of sp³-hybridized carbons (Fsp3) is 0.600. The molecule has 1 aromatic rings. The molecule has 24 heteroatoms. The van der Waals surface area contributed by atoms with Crippen molar-refractivity contribution in [3.8, 4) is 5.75 Å². The monoisotopic (exact) mass is 972 g/mol. The largest absolute Gasteiger partial charge is 0.508 e. The average molecular weight is 972 g/mol. The van der Waals surface area contributed by atoms with Gasteiger partial charge in [0.2, 0.25) is 53.2 Å². The first-order valence-electron chi connectivity index (χ1n) is 22.7. The predicted molar refractivity (Wildman–Crippen MR) is 248 cm³/mol. The fourth-order valence-corrected chi connectivity index (χ4v) is 7.27. The molecule has 4 unspecified atom stereocenters. The zero-order valence-corrected chi connectivity index (χ0v) is 39.6. The van der Waals surface area contributed by atoms with Gasteiger partial charge in [0.05, 0.1) is 25.2 Å². The van der Waals surface area contributed by atoms with Gasteiger partial charge in [-0.25, -0.2) is 0 Å². The Labute approximate surface area is 400 Å². The molecule has 0 aliphatic heterocycles. The summed E-state index contributed by atoms with van der Waals surface area (Å²) >= 11 is 0. The van der Waals surface area contributed by atoms with Gasteiger partial charge in [-0.2, -0.15) is 0 Å². The number of phenolic OH excluding ortho intramolecular Hbond substituents is 1. The van der Waals surface area contributed by atoms with Crippen molar-refractivity contribution in [3.63, 3.8) is 0 Å². The van der Waals surface area contributed by atoms with E-state index in [2.05, 4.69) is 42.5 Å². The van der Waals surface area contributed by atoms with Crippen molar-refractivity contribution in [1.82, 2.24) is 42.5 Å². The van der Waals surface area contributed by atoms with Crippen LogP contribution in [0.25, 0.3) is 0 Å². The molecule has 0 aromatic heterocycles. The number of ketones is 1. The maximum atomic E-state index is 14.1. The molecular formula is C45H69N11O13. The summed E-state index contributed by atoms with van der Waals surface area (Å²) in [7, 11) is 0. The van der Waals surface area contributed by atoms with Gasteiger partial charge in [-0.05, 0) is 69.1 Å². The molecular weight excluding hydrogens is 903 g/mol. The summed E-state index contributed by atoms with van der Waals surface area (Å²) in [6, 6.07) is 2.70. The van der Waals surface area contributed by atoms with Crippen molar-refractivity contribution < 1.29 is 62.6 Å². The molecule has 0 heterocycles. The first-order chi connectivity index (χ1) is 32.5. The summed E-state index contributed by atoms with van der Waals surface area (Å²) in [6.45, 7) is 4.80. The lowest BCUT2D eigenvalue weighted by Gasteiger charge is -2.36. The van der Waals surface area contributed by atoms with Crippen molar-refractivity contribution in [1.29, 1.82) is 0 Å². The molecule has 0 spiro atoms. The zero-order chi connectivity index (χ0) is 51.9. The number of hydrogen-bond acceptors (Lipinski definition) is 15. The highest BCUT2D eigenvalue weighted by molar-refractivity contribution is 5.92. The predicted octanol–water partition coefficient (Wildman–Crippen LogP) is -3.73. The third-order valence-corrected chi connectivity index (χ3v) is 11.7. The van der Waals surface area contributed by atoms with Gasteiger partial charge < -0.3 is 74.4 Å². The maximum Gasteiger partial charge on any atom is 0.242 e. The number of Topliss-reactive ketones (excluding diaryl/α,β-unsaturated/α-hetero) is 1. The minimum atomic E-state index is -1.81. The summed E-state index contributed by atoms with van der Waals surface area (Å²) in [5.74, 6) is -6.89. The zero-order valence-electron chi connectivity index (χ0n) is 39.6. The molecule has 69 heavy (non-hydrogen) atoms. The number of aldehydes is 2. The smallest absolute Gasteiger partial charge is 0.242 e. The summed E-state index contributed by atoms with van der Waals surface area (Å²) < 4.78 is 0. The minimum Gasteiger partial charge on any atom is -0.508 e. The van der Waals surface area contributed by atoms with Gasteiger partial charge in [-0.1, -0.05) is 32.4 Å². The lowest BCUT2D eigenvalue weighted by molar-refractivity contribution is -0.131. The third-order valence-electron chi connectivity index (χ3n) is 11.7. The first-order valence-corrected chi connectivity index (χ1v) is 22.7. The molecule has 1 aromatic carbocycles. The van der Waals surface area contributed by atoms with Gasteiger partial charge in [0.15, 0.2) is 0 Å². The van der Waals surface area contributed by atoms with Crippen LogP contribution < -0.4 is 59.7 Å². The normalized spacial score (nSPS) is 17.3. The van der Waals surface area contributed by atoms with Crippen LogP contribution in [0.4, 0.5) is 0 Å². The molecule has 8 atom stereocenters. The van der Waals surface area contributed by atoms with Crippen LogP contribution in [0.1, 0.15) is 91.0 Å². The molecule has 1 fully saturated rings.